The highest BCUT2D eigenvalue weighted by Crippen LogP contribution is 2.39. The fraction of sp³-hybridized carbons (Fsp3) is 0. The molecule has 2 nitrogen and oxygen atoms in total. The Morgan fingerprint density at radius 2 is 1.00 bits per heavy atom. The van der Waals surface area contributed by atoms with E-state index >= 15 is 0 Å². The minimum atomic E-state index is 0.863. The number of hydrogen-bond donors (Lipinski definition) is 0. The molecule has 0 N–H and O–H groups in total. The lowest BCUT2D eigenvalue weighted by Crippen LogP contribution is -2.09. The molecule has 7 aromatic carbocycles. The van der Waals surface area contributed by atoms with Crippen LogP contribution < -0.4 is 4.90 Å². The lowest BCUT2D eigenvalue weighted by atomic mass is 9.95. The quantitative estimate of drug-likeness (QED) is 0.200. The van der Waals surface area contributed by atoms with Crippen molar-refractivity contribution in [1.29, 1.82) is 0 Å². The van der Waals surface area contributed by atoms with Gasteiger partial charge in [0.25, 0.3) is 0 Å². The average molecular weight is 564 g/mol. The van der Waals surface area contributed by atoms with Crippen LogP contribution in [0.15, 0.2) is 180 Å². The molecular formula is C42H29NO. The maximum Gasteiger partial charge on any atom is 0.135 e. The first kappa shape index (κ1) is 25.8. The third-order valence-corrected chi connectivity index (χ3v) is 8.25. The maximum atomic E-state index is 6.21. The molecule has 0 saturated heterocycles. The Kier molecular flexibility index (Phi) is 6.51. The Hall–Kier alpha value is -5.86. The molecule has 0 radical (unpaired) electrons. The topological polar surface area (TPSA) is 16.4 Å². The van der Waals surface area contributed by atoms with E-state index < -0.39 is 0 Å². The summed E-state index contributed by atoms with van der Waals surface area (Å²) >= 11 is 0. The molecule has 1 aromatic heterocycles. The van der Waals surface area contributed by atoms with E-state index in [1.54, 1.807) is 0 Å². The van der Waals surface area contributed by atoms with Crippen molar-refractivity contribution in [2.24, 2.45) is 0 Å². The van der Waals surface area contributed by atoms with Crippen LogP contribution in [0.4, 0.5) is 17.1 Å². The van der Waals surface area contributed by atoms with Gasteiger partial charge in [0.1, 0.15) is 11.3 Å². The fourth-order valence-corrected chi connectivity index (χ4v) is 6.09. The molecule has 0 aliphatic rings. The highest BCUT2D eigenvalue weighted by molar-refractivity contribution is 5.97. The van der Waals surface area contributed by atoms with E-state index in [-0.39, 0.29) is 0 Å². The molecule has 2 heteroatoms. The van der Waals surface area contributed by atoms with Gasteiger partial charge in [-0.1, -0.05) is 121 Å². The summed E-state index contributed by atoms with van der Waals surface area (Å²) in [4.78, 5) is 2.29. The number of hydrogen-bond acceptors (Lipinski definition) is 2. The average Bonchev–Trinajstić information content (AvgIpc) is 3.54. The summed E-state index contributed by atoms with van der Waals surface area (Å²) in [6.07, 6.45) is 0. The summed E-state index contributed by atoms with van der Waals surface area (Å²) in [5.74, 6) is 0.863. The zero-order chi connectivity index (χ0) is 29.3. The largest absolute Gasteiger partial charge is 0.456 e. The third kappa shape index (κ3) is 4.83. The standard InChI is InChI=1S/C42H29NO/c1-2-17-36(18-3-1)43(38-19-9-16-34(28-38)42-29-35-12-5-7-22-41(35)44-42)37-25-23-30(24-26-37)32-14-8-15-33(27-32)40-21-10-13-31-11-4-6-20-39(31)40/h1-29H. The monoisotopic (exact) mass is 563 g/mol. The molecular weight excluding hydrogens is 534 g/mol. The van der Waals surface area contributed by atoms with Crippen LogP contribution in [0.5, 0.6) is 0 Å². The van der Waals surface area contributed by atoms with Crippen LogP contribution in [0.1, 0.15) is 0 Å². The van der Waals surface area contributed by atoms with Gasteiger partial charge >= 0.3 is 0 Å². The molecule has 208 valence electrons. The molecule has 0 amide bonds. The summed E-state index contributed by atoms with van der Waals surface area (Å²) in [7, 11) is 0. The van der Waals surface area contributed by atoms with Gasteiger partial charge in [-0.2, -0.15) is 0 Å². The van der Waals surface area contributed by atoms with Crippen molar-refractivity contribution in [3.8, 4) is 33.6 Å². The van der Waals surface area contributed by atoms with Crippen LogP contribution in [0.3, 0.4) is 0 Å². The minimum Gasteiger partial charge on any atom is -0.456 e. The number of rotatable bonds is 6. The highest BCUT2D eigenvalue weighted by atomic mass is 16.3. The SMILES string of the molecule is c1ccc(N(c2ccc(-c3cccc(-c4cccc5ccccc45)c3)cc2)c2cccc(-c3cc4ccccc4o3)c2)cc1. The summed E-state index contributed by atoms with van der Waals surface area (Å²) in [6.45, 7) is 0. The number of fused-ring (bicyclic) bond motifs is 2. The van der Waals surface area contributed by atoms with E-state index in [9.17, 15) is 0 Å². The van der Waals surface area contributed by atoms with Gasteiger partial charge in [0.15, 0.2) is 0 Å². The Morgan fingerprint density at radius 3 is 1.86 bits per heavy atom. The predicted molar refractivity (Wildman–Crippen MR) is 185 cm³/mol. The maximum absolute atomic E-state index is 6.21. The lowest BCUT2D eigenvalue weighted by Gasteiger charge is -2.26. The van der Waals surface area contributed by atoms with Crippen molar-refractivity contribution in [2.75, 3.05) is 4.90 Å². The second-order valence-electron chi connectivity index (χ2n) is 11.0. The molecule has 0 atom stereocenters. The Bertz CT molecular complexity index is 2190. The fourth-order valence-electron chi connectivity index (χ4n) is 6.09. The smallest absolute Gasteiger partial charge is 0.135 e. The second kappa shape index (κ2) is 11.1. The van der Waals surface area contributed by atoms with Gasteiger partial charge in [-0.25, -0.2) is 0 Å². The summed E-state index contributed by atoms with van der Waals surface area (Å²) in [5.41, 5.74) is 10.0. The summed E-state index contributed by atoms with van der Waals surface area (Å²) in [6, 6.07) is 62.1. The molecule has 1 heterocycles. The van der Waals surface area contributed by atoms with Crippen molar-refractivity contribution in [2.45, 2.75) is 0 Å². The number of anilines is 3. The Balaban J connectivity index is 1.16. The molecule has 0 aliphatic carbocycles. The molecule has 0 aliphatic heterocycles. The van der Waals surface area contributed by atoms with Gasteiger partial charge < -0.3 is 9.32 Å². The third-order valence-electron chi connectivity index (χ3n) is 8.25. The number of nitrogens with zero attached hydrogens (tertiary/aromatic N) is 1. The Labute approximate surface area is 257 Å². The normalized spacial score (nSPS) is 11.2. The first-order valence-electron chi connectivity index (χ1n) is 14.9. The van der Waals surface area contributed by atoms with Crippen molar-refractivity contribution in [3.05, 3.63) is 176 Å². The van der Waals surface area contributed by atoms with E-state index in [2.05, 4.69) is 163 Å². The van der Waals surface area contributed by atoms with E-state index in [4.69, 9.17) is 4.42 Å². The zero-order valence-corrected chi connectivity index (χ0v) is 24.1. The van der Waals surface area contributed by atoms with Gasteiger partial charge in [0, 0.05) is 28.0 Å². The molecule has 44 heavy (non-hydrogen) atoms. The number of benzene rings is 7. The van der Waals surface area contributed by atoms with E-state index in [0.29, 0.717) is 0 Å². The summed E-state index contributed by atoms with van der Waals surface area (Å²) in [5, 5.41) is 3.63. The minimum absolute atomic E-state index is 0.863. The van der Waals surface area contributed by atoms with Crippen LogP contribution >= 0.6 is 0 Å². The van der Waals surface area contributed by atoms with Gasteiger partial charge in [-0.3, -0.25) is 0 Å². The van der Waals surface area contributed by atoms with E-state index in [1.807, 2.05) is 18.2 Å². The number of furan rings is 1. The van der Waals surface area contributed by atoms with E-state index in [0.717, 1.165) is 39.4 Å². The zero-order valence-electron chi connectivity index (χ0n) is 24.1. The first-order valence-corrected chi connectivity index (χ1v) is 14.9. The molecule has 0 saturated carbocycles. The molecule has 0 spiro atoms. The molecule has 0 unspecified atom stereocenters. The second-order valence-corrected chi connectivity index (χ2v) is 11.0. The van der Waals surface area contributed by atoms with Crippen LogP contribution in [0.25, 0.3) is 55.3 Å². The van der Waals surface area contributed by atoms with Crippen LogP contribution in [0, 0.1) is 0 Å². The molecule has 0 fully saturated rings. The predicted octanol–water partition coefficient (Wildman–Crippen LogP) is 12.1. The van der Waals surface area contributed by atoms with Crippen LogP contribution in [0.2, 0.25) is 0 Å². The van der Waals surface area contributed by atoms with E-state index in [1.165, 1.54) is 33.0 Å². The lowest BCUT2D eigenvalue weighted by molar-refractivity contribution is 0.631. The first-order chi connectivity index (χ1) is 21.8. The van der Waals surface area contributed by atoms with Crippen LogP contribution in [-0.2, 0) is 0 Å². The Morgan fingerprint density at radius 1 is 0.364 bits per heavy atom. The van der Waals surface area contributed by atoms with Crippen LogP contribution in [-0.4, -0.2) is 0 Å². The highest BCUT2D eigenvalue weighted by Gasteiger charge is 2.15. The van der Waals surface area contributed by atoms with Gasteiger partial charge in [0.2, 0.25) is 0 Å². The van der Waals surface area contributed by atoms with Gasteiger partial charge in [-0.15, -0.1) is 0 Å². The van der Waals surface area contributed by atoms with Gasteiger partial charge in [-0.05, 0) is 87.6 Å². The summed E-state index contributed by atoms with van der Waals surface area (Å²) < 4.78 is 6.21. The van der Waals surface area contributed by atoms with Crippen molar-refractivity contribution < 1.29 is 4.42 Å². The molecule has 0 bridgehead atoms. The van der Waals surface area contributed by atoms with Gasteiger partial charge in [0.05, 0.1) is 0 Å². The molecule has 8 aromatic rings. The number of para-hydroxylation sites is 2. The van der Waals surface area contributed by atoms with Crippen molar-refractivity contribution in [1.82, 2.24) is 0 Å². The molecule has 8 rings (SSSR count). The van der Waals surface area contributed by atoms with Crippen molar-refractivity contribution in [3.63, 3.8) is 0 Å². The van der Waals surface area contributed by atoms with Crippen molar-refractivity contribution >= 4 is 38.8 Å².